The largest absolute Gasteiger partial charge is 0.573 e. The maximum absolute atomic E-state index is 14.1. The number of ether oxygens (including phenoxy) is 1. The van der Waals surface area contributed by atoms with Gasteiger partial charge in [0.1, 0.15) is 0 Å². The highest BCUT2D eigenvalue weighted by atomic mass is 19.4. The first-order valence-corrected chi connectivity index (χ1v) is 13.1. The molecule has 192 valence electrons. The van der Waals surface area contributed by atoms with Gasteiger partial charge < -0.3 is 4.74 Å². The van der Waals surface area contributed by atoms with Crippen molar-refractivity contribution in [1.82, 2.24) is 0 Å². The van der Waals surface area contributed by atoms with Crippen LogP contribution in [0, 0.1) is 29.4 Å². The Bertz CT molecular complexity index is 748. The van der Waals surface area contributed by atoms with Crippen molar-refractivity contribution in [3.8, 4) is 5.75 Å². The fourth-order valence-corrected chi connectivity index (χ4v) is 5.95. The van der Waals surface area contributed by atoms with E-state index in [1.54, 1.807) is 0 Å². The first kappa shape index (κ1) is 27.0. The van der Waals surface area contributed by atoms with Gasteiger partial charge in [0.15, 0.2) is 11.6 Å². The quantitative estimate of drug-likeness (QED) is 0.182. The van der Waals surface area contributed by atoms with Crippen LogP contribution in [0.3, 0.4) is 0 Å². The maximum atomic E-state index is 14.1. The van der Waals surface area contributed by atoms with Gasteiger partial charge in [0.05, 0.1) is 0 Å². The number of alkyl halides is 3. The Kier molecular flexibility index (Phi) is 10.3. The zero-order valence-corrected chi connectivity index (χ0v) is 20.3. The molecule has 2 saturated carbocycles. The summed E-state index contributed by atoms with van der Waals surface area (Å²) in [7, 11) is 0. The van der Waals surface area contributed by atoms with Crippen LogP contribution in [-0.2, 0) is 0 Å². The molecule has 0 atom stereocenters. The van der Waals surface area contributed by atoms with E-state index in [2.05, 4.69) is 23.8 Å². The molecule has 2 aliphatic rings. The Morgan fingerprint density at radius 3 is 1.79 bits per heavy atom. The topological polar surface area (TPSA) is 9.23 Å². The van der Waals surface area contributed by atoms with Crippen molar-refractivity contribution >= 4 is 0 Å². The highest BCUT2D eigenvalue weighted by Crippen LogP contribution is 2.41. The summed E-state index contributed by atoms with van der Waals surface area (Å²) in [6.45, 7) is 2.08. The monoisotopic (exact) mass is 486 g/mol. The molecule has 0 spiro atoms. The van der Waals surface area contributed by atoms with E-state index in [0.717, 1.165) is 49.7 Å². The fraction of sp³-hybridized carbons (Fsp3) is 0.714. The molecular formula is C28H39F5O. The lowest BCUT2D eigenvalue weighted by Crippen LogP contribution is -2.20. The number of unbranched alkanes of at least 4 members (excludes halogenated alkanes) is 2. The smallest absolute Gasteiger partial charge is 0.399 e. The molecule has 2 aliphatic carbocycles. The molecule has 0 unspecified atom stereocenters. The number of hydrogen-bond acceptors (Lipinski definition) is 1. The summed E-state index contributed by atoms with van der Waals surface area (Å²) in [4.78, 5) is 0. The Morgan fingerprint density at radius 1 is 0.794 bits per heavy atom. The van der Waals surface area contributed by atoms with E-state index in [-0.39, 0.29) is 5.92 Å². The van der Waals surface area contributed by atoms with E-state index in [9.17, 15) is 22.0 Å². The summed E-state index contributed by atoms with van der Waals surface area (Å²) in [5.74, 6) is -1.57. The van der Waals surface area contributed by atoms with Crippen LogP contribution in [0.2, 0.25) is 0 Å². The van der Waals surface area contributed by atoms with Gasteiger partial charge in [-0.3, -0.25) is 0 Å². The predicted molar refractivity (Wildman–Crippen MR) is 126 cm³/mol. The zero-order valence-electron chi connectivity index (χ0n) is 20.3. The predicted octanol–water partition coefficient (Wildman–Crippen LogP) is 9.86. The van der Waals surface area contributed by atoms with Gasteiger partial charge in [-0.2, -0.15) is 0 Å². The van der Waals surface area contributed by atoms with Crippen molar-refractivity contribution in [2.45, 2.75) is 109 Å². The molecule has 0 bridgehead atoms. The van der Waals surface area contributed by atoms with Crippen LogP contribution >= 0.6 is 0 Å². The van der Waals surface area contributed by atoms with Crippen LogP contribution in [0.15, 0.2) is 24.3 Å². The van der Waals surface area contributed by atoms with Gasteiger partial charge in [-0.1, -0.05) is 63.5 Å². The number of hydrogen-bond donors (Lipinski definition) is 0. The molecule has 0 aromatic heterocycles. The summed E-state index contributed by atoms with van der Waals surface area (Å²) in [5.41, 5.74) is 0.437. The summed E-state index contributed by atoms with van der Waals surface area (Å²) < 4.78 is 68.7. The maximum Gasteiger partial charge on any atom is 0.573 e. The number of halogens is 5. The Morgan fingerprint density at radius 2 is 1.29 bits per heavy atom. The summed E-state index contributed by atoms with van der Waals surface area (Å²) in [5, 5.41) is 0. The summed E-state index contributed by atoms with van der Waals surface area (Å²) >= 11 is 0. The molecule has 1 aromatic carbocycles. The lowest BCUT2D eigenvalue weighted by Gasteiger charge is -2.32. The Labute approximate surface area is 201 Å². The molecule has 34 heavy (non-hydrogen) atoms. The third-order valence-corrected chi connectivity index (χ3v) is 7.97. The first-order chi connectivity index (χ1) is 16.2. The highest BCUT2D eigenvalue weighted by Gasteiger charge is 2.35. The molecule has 0 aliphatic heterocycles. The van der Waals surface area contributed by atoms with Crippen LogP contribution in [0.5, 0.6) is 5.75 Å². The van der Waals surface area contributed by atoms with Crippen molar-refractivity contribution in [2.75, 3.05) is 0 Å². The molecule has 0 heterocycles. The van der Waals surface area contributed by atoms with Crippen LogP contribution < -0.4 is 4.74 Å². The molecule has 1 nitrogen and oxygen atoms in total. The minimum atomic E-state index is -5.12. The van der Waals surface area contributed by atoms with Gasteiger partial charge in [-0.05, 0) is 86.8 Å². The summed E-state index contributed by atoms with van der Waals surface area (Å²) in [6, 6.07) is 2.02. The second-order valence-corrected chi connectivity index (χ2v) is 10.4. The third kappa shape index (κ3) is 8.57. The molecule has 1 aromatic rings. The van der Waals surface area contributed by atoms with E-state index < -0.39 is 23.7 Å². The lowest BCUT2D eigenvalue weighted by molar-refractivity contribution is -0.276. The van der Waals surface area contributed by atoms with Gasteiger partial charge in [-0.25, -0.2) is 8.78 Å². The highest BCUT2D eigenvalue weighted by molar-refractivity contribution is 5.33. The van der Waals surface area contributed by atoms with Gasteiger partial charge in [0, 0.05) is 0 Å². The Hall–Kier alpha value is -1.59. The van der Waals surface area contributed by atoms with Gasteiger partial charge >= 0.3 is 6.36 Å². The van der Waals surface area contributed by atoms with Crippen LogP contribution in [0.4, 0.5) is 22.0 Å². The molecule has 0 radical (unpaired) electrons. The van der Waals surface area contributed by atoms with Crippen LogP contribution in [0.25, 0.3) is 0 Å². The van der Waals surface area contributed by atoms with Crippen LogP contribution in [-0.4, -0.2) is 6.36 Å². The molecular weight excluding hydrogens is 447 g/mol. The van der Waals surface area contributed by atoms with Gasteiger partial charge in [-0.15, -0.1) is 13.2 Å². The molecule has 6 heteroatoms. The summed E-state index contributed by atoms with van der Waals surface area (Å²) in [6.07, 6.45) is 16.1. The average Bonchev–Trinajstić information content (AvgIpc) is 2.80. The van der Waals surface area contributed by atoms with Crippen molar-refractivity contribution in [2.24, 2.45) is 17.8 Å². The Balaban J connectivity index is 1.36. The van der Waals surface area contributed by atoms with Crippen LogP contribution in [0.1, 0.15) is 108 Å². The van der Waals surface area contributed by atoms with Gasteiger partial charge in [0.2, 0.25) is 5.75 Å². The molecule has 0 amide bonds. The molecule has 2 fully saturated rings. The number of rotatable bonds is 10. The van der Waals surface area contributed by atoms with Gasteiger partial charge in [0.25, 0.3) is 0 Å². The van der Waals surface area contributed by atoms with Crippen molar-refractivity contribution in [1.29, 1.82) is 0 Å². The van der Waals surface area contributed by atoms with E-state index >= 15 is 0 Å². The standard InChI is InChI=1S/C28H39F5O/c1-2-3-4-5-6-7-20-8-10-21(11-9-20)12-13-22-14-16-23(17-15-22)24-18-25(29)27(26(30)19-24)34-28(31,32)33/h2-3,18-23H,4-17H2,1H3/b3-2+. The van der Waals surface area contributed by atoms with Crippen molar-refractivity contribution in [3.05, 3.63) is 41.5 Å². The fourth-order valence-electron chi connectivity index (χ4n) is 5.95. The molecule has 0 saturated heterocycles. The molecule has 3 rings (SSSR count). The number of allylic oxidation sites excluding steroid dienone is 2. The SMILES string of the molecule is C/C=C/CCCCC1CCC(CCC2CCC(c3cc(F)c(OC(F)(F)F)c(F)c3)CC2)CC1. The van der Waals surface area contributed by atoms with E-state index in [0.29, 0.717) is 11.5 Å². The normalized spacial score (nSPS) is 26.2. The zero-order chi connectivity index (χ0) is 24.6. The van der Waals surface area contributed by atoms with E-state index in [1.807, 2.05) is 0 Å². The second kappa shape index (κ2) is 12.9. The average molecular weight is 487 g/mol. The second-order valence-electron chi connectivity index (χ2n) is 10.4. The molecule has 0 N–H and O–H groups in total. The lowest BCUT2D eigenvalue weighted by atomic mass is 9.74. The van der Waals surface area contributed by atoms with Crippen molar-refractivity contribution in [3.63, 3.8) is 0 Å². The number of benzene rings is 1. The first-order valence-electron chi connectivity index (χ1n) is 13.1. The minimum Gasteiger partial charge on any atom is -0.399 e. The van der Waals surface area contributed by atoms with E-state index in [1.165, 1.54) is 64.2 Å². The minimum absolute atomic E-state index is 0.0107. The third-order valence-electron chi connectivity index (χ3n) is 7.97. The van der Waals surface area contributed by atoms with Crippen molar-refractivity contribution < 1.29 is 26.7 Å². The van der Waals surface area contributed by atoms with E-state index in [4.69, 9.17) is 0 Å².